The van der Waals surface area contributed by atoms with Crippen molar-refractivity contribution >= 4 is 29.4 Å². The molecule has 108 valence electrons. The number of hydrazone groups is 1. The van der Waals surface area contributed by atoms with Crippen molar-refractivity contribution in [3.8, 4) is 0 Å². The molecule has 0 bridgehead atoms. The molecule has 2 N–H and O–H groups in total. The van der Waals surface area contributed by atoms with Crippen molar-refractivity contribution in [1.82, 2.24) is 5.43 Å². The van der Waals surface area contributed by atoms with Gasteiger partial charge in [0, 0.05) is 10.7 Å². The van der Waals surface area contributed by atoms with E-state index in [-0.39, 0.29) is 12.5 Å². The van der Waals surface area contributed by atoms with Gasteiger partial charge in [0.15, 0.2) is 0 Å². The number of halogens is 1. The summed E-state index contributed by atoms with van der Waals surface area (Å²) in [5, 5.41) is 7.60. The van der Waals surface area contributed by atoms with Gasteiger partial charge in [0.2, 0.25) is 0 Å². The Morgan fingerprint density at radius 1 is 1.24 bits per heavy atom. The Bertz CT molecular complexity index is 638. The van der Waals surface area contributed by atoms with Gasteiger partial charge in [0.1, 0.15) is 0 Å². The minimum absolute atomic E-state index is 0.168. The van der Waals surface area contributed by atoms with Crippen molar-refractivity contribution in [2.45, 2.75) is 6.92 Å². The molecule has 0 aliphatic heterocycles. The van der Waals surface area contributed by atoms with Crippen LogP contribution in [0.1, 0.15) is 11.1 Å². The van der Waals surface area contributed by atoms with Crippen molar-refractivity contribution in [2.75, 3.05) is 11.9 Å². The molecule has 0 unspecified atom stereocenters. The number of nitrogens with zero attached hydrogens (tertiary/aromatic N) is 1. The first-order valence-corrected chi connectivity index (χ1v) is 6.89. The molecular weight excluding hydrogens is 286 g/mol. The van der Waals surface area contributed by atoms with E-state index in [1.165, 1.54) is 0 Å². The maximum Gasteiger partial charge on any atom is 0.259 e. The maximum atomic E-state index is 11.6. The average Bonchev–Trinajstić information content (AvgIpc) is 2.47. The number of aryl methyl sites for hydroxylation is 1. The Balaban J connectivity index is 1.78. The smallest absolute Gasteiger partial charge is 0.259 e. The topological polar surface area (TPSA) is 53.5 Å². The first-order chi connectivity index (χ1) is 10.1. The molecule has 0 saturated heterocycles. The van der Waals surface area contributed by atoms with Gasteiger partial charge in [-0.3, -0.25) is 4.79 Å². The molecule has 0 saturated carbocycles. The van der Waals surface area contributed by atoms with E-state index in [2.05, 4.69) is 15.8 Å². The number of benzene rings is 2. The van der Waals surface area contributed by atoms with Gasteiger partial charge in [-0.05, 0) is 42.3 Å². The van der Waals surface area contributed by atoms with E-state index in [0.717, 1.165) is 16.8 Å². The molecule has 0 spiro atoms. The lowest BCUT2D eigenvalue weighted by Gasteiger charge is -2.05. The maximum absolute atomic E-state index is 11.6. The Labute approximate surface area is 128 Å². The van der Waals surface area contributed by atoms with Crippen molar-refractivity contribution in [3.05, 3.63) is 64.7 Å². The van der Waals surface area contributed by atoms with Crippen LogP contribution in [0.15, 0.2) is 53.6 Å². The molecule has 0 radical (unpaired) electrons. The second kappa shape index (κ2) is 7.45. The van der Waals surface area contributed by atoms with Crippen LogP contribution < -0.4 is 10.7 Å². The number of carbonyl (C=O) groups excluding carboxylic acids is 1. The molecule has 0 fully saturated rings. The van der Waals surface area contributed by atoms with Gasteiger partial charge in [-0.25, -0.2) is 5.43 Å². The van der Waals surface area contributed by atoms with E-state index in [9.17, 15) is 4.79 Å². The highest BCUT2D eigenvalue weighted by Gasteiger charge is 1.99. The van der Waals surface area contributed by atoms with Crippen LogP contribution in [0.2, 0.25) is 5.02 Å². The molecular formula is C16H16ClN3O. The second-order valence-electron chi connectivity index (χ2n) is 4.57. The van der Waals surface area contributed by atoms with Gasteiger partial charge in [-0.2, -0.15) is 5.10 Å². The van der Waals surface area contributed by atoms with E-state index < -0.39 is 0 Å². The molecule has 4 nitrogen and oxygen atoms in total. The van der Waals surface area contributed by atoms with E-state index in [1.807, 2.05) is 43.3 Å². The molecule has 0 atom stereocenters. The van der Waals surface area contributed by atoms with Crippen LogP contribution in [0.4, 0.5) is 5.69 Å². The predicted molar refractivity (Wildman–Crippen MR) is 86.9 cm³/mol. The minimum Gasteiger partial charge on any atom is -0.376 e. The summed E-state index contributed by atoms with van der Waals surface area (Å²) in [5.74, 6) is -0.207. The average molecular weight is 302 g/mol. The predicted octanol–water partition coefficient (Wildman–Crippen LogP) is 3.21. The normalized spacial score (nSPS) is 10.6. The zero-order valence-electron chi connectivity index (χ0n) is 11.6. The highest BCUT2D eigenvalue weighted by Crippen LogP contribution is 2.09. The first kappa shape index (κ1) is 15.1. The Morgan fingerprint density at radius 2 is 2.00 bits per heavy atom. The van der Waals surface area contributed by atoms with Crippen LogP contribution in [-0.2, 0) is 4.79 Å². The zero-order valence-corrected chi connectivity index (χ0v) is 12.4. The van der Waals surface area contributed by atoms with Gasteiger partial charge in [0.25, 0.3) is 5.91 Å². The third kappa shape index (κ3) is 5.28. The number of carbonyl (C=O) groups is 1. The van der Waals surface area contributed by atoms with E-state index >= 15 is 0 Å². The number of rotatable bonds is 5. The van der Waals surface area contributed by atoms with Crippen LogP contribution >= 0.6 is 11.6 Å². The fourth-order valence-electron chi connectivity index (χ4n) is 1.70. The van der Waals surface area contributed by atoms with Crippen molar-refractivity contribution in [2.24, 2.45) is 5.10 Å². The van der Waals surface area contributed by atoms with Crippen LogP contribution in [0.25, 0.3) is 0 Å². The van der Waals surface area contributed by atoms with Crippen molar-refractivity contribution < 1.29 is 4.79 Å². The first-order valence-electron chi connectivity index (χ1n) is 6.51. The van der Waals surface area contributed by atoms with Gasteiger partial charge in [-0.15, -0.1) is 0 Å². The Morgan fingerprint density at radius 3 is 2.71 bits per heavy atom. The molecule has 2 aromatic carbocycles. The molecule has 21 heavy (non-hydrogen) atoms. The summed E-state index contributed by atoms with van der Waals surface area (Å²) < 4.78 is 0. The molecule has 2 aromatic rings. The van der Waals surface area contributed by atoms with E-state index in [0.29, 0.717) is 5.02 Å². The lowest BCUT2D eigenvalue weighted by atomic mass is 10.2. The number of nitrogens with one attached hydrogen (secondary N) is 2. The highest BCUT2D eigenvalue weighted by molar-refractivity contribution is 6.30. The fraction of sp³-hybridized carbons (Fsp3) is 0.125. The molecule has 1 amide bonds. The zero-order chi connectivity index (χ0) is 15.1. The monoisotopic (exact) mass is 301 g/mol. The number of anilines is 1. The van der Waals surface area contributed by atoms with Crippen molar-refractivity contribution in [3.63, 3.8) is 0 Å². The van der Waals surface area contributed by atoms with Gasteiger partial charge >= 0.3 is 0 Å². The standard InChI is InChI=1S/C16H16ClN3O/c1-12-3-2-4-15(9-12)18-11-16(21)20-19-10-13-5-7-14(17)8-6-13/h2-10,18H,11H2,1H3,(H,20,21). The molecule has 0 aliphatic rings. The van der Waals surface area contributed by atoms with E-state index in [4.69, 9.17) is 11.6 Å². The summed E-state index contributed by atoms with van der Waals surface area (Å²) >= 11 is 5.78. The Kier molecular flexibility index (Phi) is 5.35. The summed E-state index contributed by atoms with van der Waals surface area (Å²) in [6.45, 7) is 2.17. The lowest BCUT2D eigenvalue weighted by Crippen LogP contribution is -2.25. The van der Waals surface area contributed by atoms with Crippen LogP contribution in [0.5, 0.6) is 0 Å². The summed E-state index contributed by atoms with van der Waals surface area (Å²) in [5.41, 5.74) is 5.38. The molecule has 0 aliphatic carbocycles. The third-order valence-corrected chi connectivity index (χ3v) is 3.00. The van der Waals surface area contributed by atoms with Gasteiger partial charge in [0.05, 0.1) is 12.8 Å². The molecule has 5 heteroatoms. The summed E-state index contributed by atoms with van der Waals surface area (Å²) in [4.78, 5) is 11.6. The Hall–Kier alpha value is -2.33. The van der Waals surface area contributed by atoms with Crippen LogP contribution in [0, 0.1) is 6.92 Å². The number of hydrogen-bond donors (Lipinski definition) is 2. The molecule has 0 heterocycles. The van der Waals surface area contributed by atoms with Gasteiger partial charge in [-0.1, -0.05) is 35.9 Å². The number of amides is 1. The third-order valence-electron chi connectivity index (χ3n) is 2.74. The SMILES string of the molecule is Cc1cccc(NCC(=O)NN=Cc2ccc(Cl)cc2)c1. The van der Waals surface area contributed by atoms with Crippen LogP contribution in [-0.4, -0.2) is 18.7 Å². The summed E-state index contributed by atoms with van der Waals surface area (Å²) in [6.07, 6.45) is 1.57. The minimum atomic E-state index is -0.207. The molecule has 0 aromatic heterocycles. The molecule has 2 rings (SSSR count). The number of hydrogen-bond acceptors (Lipinski definition) is 3. The summed E-state index contributed by atoms with van der Waals surface area (Å²) in [7, 11) is 0. The second-order valence-corrected chi connectivity index (χ2v) is 5.00. The van der Waals surface area contributed by atoms with Crippen molar-refractivity contribution in [1.29, 1.82) is 0 Å². The summed E-state index contributed by atoms with van der Waals surface area (Å²) in [6, 6.07) is 15.0. The van der Waals surface area contributed by atoms with Crippen LogP contribution in [0.3, 0.4) is 0 Å². The van der Waals surface area contributed by atoms with Gasteiger partial charge < -0.3 is 5.32 Å². The van der Waals surface area contributed by atoms with E-state index in [1.54, 1.807) is 18.3 Å². The largest absolute Gasteiger partial charge is 0.376 e. The highest BCUT2D eigenvalue weighted by atomic mass is 35.5. The quantitative estimate of drug-likeness (QED) is 0.658. The lowest BCUT2D eigenvalue weighted by molar-refractivity contribution is -0.119. The fourth-order valence-corrected chi connectivity index (χ4v) is 1.83.